The second kappa shape index (κ2) is 5.02. The minimum absolute atomic E-state index is 0.226. The smallest absolute Gasteiger partial charge is 0.307 e. The number of esters is 1. The summed E-state index contributed by atoms with van der Waals surface area (Å²) in [7, 11) is 3.80. The second-order valence-corrected chi connectivity index (χ2v) is 8.00. The van der Waals surface area contributed by atoms with Crippen molar-refractivity contribution in [3.63, 3.8) is 0 Å². The first-order valence-corrected chi connectivity index (χ1v) is 9.17. The first-order chi connectivity index (χ1) is 12.4. The molecule has 0 radical (unpaired) electrons. The fourth-order valence-corrected chi connectivity index (χ4v) is 5.86. The Kier molecular flexibility index (Phi) is 3.12. The van der Waals surface area contributed by atoms with E-state index in [0.717, 1.165) is 30.9 Å². The zero-order valence-electron chi connectivity index (χ0n) is 15.4. The van der Waals surface area contributed by atoms with Crippen LogP contribution in [0.4, 0.5) is 0 Å². The van der Waals surface area contributed by atoms with Gasteiger partial charge in [-0.05, 0) is 50.6 Å². The van der Waals surface area contributed by atoms with Gasteiger partial charge in [0.2, 0.25) is 0 Å². The van der Waals surface area contributed by atoms with E-state index in [0.29, 0.717) is 12.2 Å². The number of likely N-dealkylation sites (tertiary alicyclic amines) is 1. The van der Waals surface area contributed by atoms with E-state index >= 15 is 0 Å². The predicted molar refractivity (Wildman–Crippen MR) is 95.2 cm³/mol. The number of carbonyl (C=O) groups is 1. The van der Waals surface area contributed by atoms with Crippen molar-refractivity contribution in [2.24, 2.45) is 5.73 Å². The maximum atomic E-state index is 11.7. The number of benzene rings is 1. The molecule has 138 valence electrons. The highest BCUT2D eigenvalue weighted by atomic mass is 16.6. The maximum Gasteiger partial charge on any atom is 0.307 e. The molecule has 2 aliphatic heterocycles. The summed E-state index contributed by atoms with van der Waals surface area (Å²) in [6.07, 6.45) is 4.01. The molecule has 1 spiro atoms. The molecule has 6 nitrogen and oxygen atoms in total. The van der Waals surface area contributed by atoms with Crippen LogP contribution in [-0.4, -0.2) is 49.3 Å². The van der Waals surface area contributed by atoms with Gasteiger partial charge in [0.1, 0.15) is 5.76 Å². The lowest BCUT2D eigenvalue weighted by Gasteiger charge is -2.62. The number of carbonyl (C=O) groups excluding carboxylic acids is 1. The van der Waals surface area contributed by atoms with Crippen LogP contribution in [0.2, 0.25) is 0 Å². The fourth-order valence-electron chi connectivity index (χ4n) is 5.86. The van der Waals surface area contributed by atoms with Crippen LogP contribution >= 0.6 is 0 Å². The lowest BCUT2D eigenvalue weighted by Crippen LogP contribution is -2.78. The van der Waals surface area contributed by atoms with E-state index in [-0.39, 0.29) is 23.5 Å². The van der Waals surface area contributed by atoms with E-state index in [1.807, 2.05) is 12.1 Å². The third kappa shape index (κ3) is 1.67. The molecule has 1 saturated heterocycles. The van der Waals surface area contributed by atoms with Crippen molar-refractivity contribution in [3.8, 4) is 11.5 Å². The molecule has 1 aromatic rings. The number of methoxy groups -OCH3 is 1. The number of piperidine rings is 1. The molecule has 5 rings (SSSR count). The van der Waals surface area contributed by atoms with Crippen molar-refractivity contribution in [1.82, 2.24) is 4.90 Å². The Bertz CT molecular complexity index is 850. The molecule has 6 heteroatoms. The molecule has 0 aromatic heterocycles. The molecule has 1 aromatic carbocycles. The molecule has 2 aliphatic carbocycles. The third-order valence-electron chi connectivity index (χ3n) is 6.95. The summed E-state index contributed by atoms with van der Waals surface area (Å²) in [6, 6.07) is 4.33. The van der Waals surface area contributed by atoms with Gasteiger partial charge in [0.05, 0.1) is 12.5 Å². The van der Waals surface area contributed by atoms with Gasteiger partial charge >= 0.3 is 5.97 Å². The number of ether oxygens (including phenoxy) is 3. The number of hydrogen-bond donors (Lipinski definition) is 1. The molecule has 0 amide bonds. The topological polar surface area (TPSA) is 74.0 Å². The third-order valence-corrected chi connectivity index (χ3v) is 6.95. The Morgan fingerprint density at radius 3 is 2.96 bits per heavy atom. The molecule has 4 atom stereocenters. The summed E-state index contributed by atoms with van der Waals surface area (Å²) in [5.41, 5.74) is 8.76. The fraction of sp³-hybridized carbons (Fsp3) is 0.550. The molecule has 2 bridgehead atoms. The van der Waals surface area contributed by atoms with Gasteiger partial charge in [-0.3, -0.25) is 4.79 Å². The average molecular weight is 356 g/mol. The summed E-state index contributed by atoms with van der Waals surface area (Å²) >= 11 is 0. The van der Waals surface area contributed by atoms with Gasteiger partial charge in [-0.2, -0.15) is 0 Å². The van der Waals surface area contributed by atoms with Gasteiger partial charge in [0.25, 0.3) is 0 Å². The van der Waals surface area contributed by atoms with Gasteiger partial charge < -0.3 is 24.8 Å². The van der Waals surface area contributed by atoms with Crippen LogP contribution in [0.5, 0.6) is 11.5 Å². The highest BCUT2D eigenvalue weighted by molar-refractivity contribution is 5.69. The first-order valence-electron chi connectivity index (χ1n) is 9.17. The second-order valence-electron chi connectivity index (χ2n) is 8.00. The predicted octanol–water partition coefficient (Wildman–Crippen LogP) is 1.50. The van der Waals surface area contributed by atoms with Crippen molar-refractivity contribution >= 4 is 5.97 Å². The zero-order chi connectivity index (χ0) is 18.3. The summed E-state index contributed by atoms with van der Waals surface area (Å²) < 4.78 is 17.6. The maximum absolute atomic E-state index is 11.7. The average Bonchev–Trinajstić information content (AvgIpc) is 2.95. The van der Waals surface area contributed by atoms with E-state index in [2.05, 4.69) is 18.0 Å². The summed E-state index contributed by atoms with van der Waals surface area (Å²) in [5, 5.41) is 0. The number of nitrogens with two attached hydrogens (primary N) is 1. The summed E-state index contributed by atoms with van der Waals surface area (Å²) in [4.78, 5) is 14.1. The van der Waals surface area contributed by atoms with Crippen LogP contribution in [-0.2, 0) is 21.4 Å². The van der Waals surface area contributed by atoms with E-state index in [4.69, 9.17) is 19.9 Å². The molecule has 2 N–H and O–H groups in total. The van der Waals surface area contributed by atoms with Crippen molar-refractivity contribution in [3.05, 3.63) is 35.1 Å². The Morgan fingerprint density at radius 2 is 2.23 bits per heavy atom. The van der Waals surface area contributed by atoms with E-state index < -0.39 is 5.54 Å². The molecule has 2 heterocycles. The number of likely N-dealkylation sites (N-methyl/N-ethyl adjacent to an activating group) is 1. The summed E-state index contributed by atoms with van der Waals surface area (Å²) in [6.45, 7) is 2.36. The van der Waals surface area contributed by atoms with E-state index in [9.17, 15) is 4.79 Å². The van der Waals surface area contributed by atoms with Gasteiger partial charge in [-0.25, -0.2) is 0 Å². The Hall–Kier alpha value is -2.05. The van der Waals surface area contributed by atoms with Crippen molar-refractivity contribution < 1.29 is 19.0 Å². The molecule has 1 fully saturated rings. The minimum Gasteiger partial charge on any atom is -0.493 e. The van der Waals surface area contributed by atoms with Crippen LogP contribution in [0.1, 0.15) is 30.9 Å². The van der Waals surface area contributed by atoms with Crippen LogP contribution in [0.3, 0.4) is 0 Å². The Labute approximate surface area is 152 Å². The Balaban J connectivity index is 1.79. The lowest BCUT2D eigenvalue weighted by atomic mass is 9.49. The lowest BCUT2D eigenvalue weighted by molar-refractivity contribution is -0.140. The standard InChI is InChI=1S/C20H24N2O4/c1-11(23)25-14-6-7-20(21)15-10-12-4-5-13(24-3)17-16(12)19(20,18(14)26-17)8-9-22(15)2/h4-6,15,18H,7-10,21H2,1-3H3. The number of nitrogens with zero attached hydrogens (tertiary/aromatic N) is 1. The summed E-state index contributed by atoms with van der Waals surface area (Å²) in [5.74, 6) is 1.75. The molecule has 0 saturated carbocycles. The van der Waals surface area contributed by atoms with Crippen LogP contribution < -0.4 is 15.2 Å². The number of hydrogen-bond acceptors (Lipinski definition) is 6. The molecule has 4 aliphatic rings. The SMILES string of the molecule is COc1ccc2c3c1OC1C(OC(C)=O)=CCC4(N)C(C2)N(C)CCC314. The van der Waals surface area contributed by atoms with Crippen LogP contribution in [0.15, 0.2) is 24.0 Å². The van der Waals surface area contributed by atoms with Gasteiger partial charge in [0.15, 0.2) is 17.6 Å². The molecular weight excluding hydrogens is 332 g/mol. The highest BCUT2D eigenvalue weighted by Crippen LogP contribution is 2.64. The molecule has 4 unspecified atom stereocenters. The van der Waals surface area contributed by atoms with Gasteiger partial charge in [-0.15, -0.1) is 0 Å². The first kappa shape index (κ1) is 16.1. The van der Waals surface area contributed by atoms with Crippen molar-refractivity contribution in [2.45, 2.75) is 49.3 Å². The monoisotopic (exact) mass is 356 g/mol. The minimum atomic E-state index is -0.459. The normalized spacial score (nSPS) is 36.7. The van der Waals surface area contributed by atoms with Crippen molar-refractivity contribution in [2.75, 3.05) is 20.7 Å². The highest BCUT2D eigenvalue weighted by Gasteiger charge is 2.70. The molecule has 26 heavy (non-hydrogen) atoms. The van der Waals surface area contributed by atoms with Crippen LogP contribution in [0, 0.1) is 0 Å². The molecular formula is C20H24N2O4. The van der Waals surface area contributed by atoms with Crippen molar-refractivity contribution in [1.29, 1.82) is 0 Å². The quantitative estimate of drug-likeness (QED) is 0.810. The zero-order valence-corrected chi connectivity index (χ0v) is 15.4. The number of rotatable bonds is 2. The Morgan fingerprint density at radius 1 is 1.42 bits per heavy atom. The van der Waals surface area contributed by atoms with E-state index in [1.54, 1.807) is 7.11 Å². The largest absolute Gasteiger partial charge is 0.493 e. The van der Waals surface area contributed by atoms with Gasteiger partial charge in [-0.1, -0.05) is 6.07 Å². The van der Waals surface area contributed by atoms with E-state index in [1.165, 1.54) is 18.1 Å². The van der Waals surface area contributed by atoms with Crippen LogP contribution in [0.25, 0.3) is 0 Å². The van der Waals surface area contributed by atoms with Gasteiger partial charge in [0, 0.05) is 24.1 Å².